The fourth-order valence-corrected chi connectivity index (χ4v) is 4.55. The van der Waals surface area contributed by atoms with E-state index in [2.05, 4.69) is 15.1 Å². The first kappa shape index (κ1) is 24.4. The Hall–Kier alpha value is -3.75. The number of hydrogen-bond acceptors (Lipinski definition) is 6. The van der Waals surface area contributed by atoms with Crippen LogP contribution in [0.15, 0.2) is 30.3 Å². The summed E-state index contributed by atoms with van der Waals surface area (Å²) in [5.41, 5.74) is 4.83. The quantitative estimate of drug-likeness (QED) is 0.562. The summed E-state index contributed by atoms with van der Waals surface area (Å²) < 4.78 is 7.07. The lowest BCUT2D eigenvalue weighted by atomic mass is 10.1. The van der Waals surface area contributed by atoms with Crippen molar-refractivity contribution in [3.63, 3.8) is 0 Å². The molecule has 0 unspecified atom stereocenters. The number of rotatable bonds is 5. The third kappa shape index (κ3) is 5.18. The summed E-state index contributed by atoms with van der Waals surface area (Å²) in [6, 6.07) is 9.15. The van der Waals surface area contributed by atoms with Gasteiger partial charge in [-0.25, -0.2) is 14.6 Å². The van der Waals surface area contributed by atoms with Crippen molar-refractivity contribution >= 4 is 11.8 Å². The topological polar surface area (TPSA) is 93.5 Å². The molecule has 0 spiro atoms. The summed E-state index contributed by atoms with van der Waals surface area (Å²) in [7, 11) is 1.56. The number of ether oxygens (including phenoxy) is 1. The largest absolute Gasteiger partial charge is 0.496 e. The molecule has 0 N–H and O–H groups in total. The second-order valence-corrected chi connectivity index (χ2v) is 8.92. The summed E-state index contributed by atoms with van der Waals surface area (Å²) in [5, 5.41) is 4.62. The van der Waals surface area contributed by atoms with E-state index in [9.17, 15) is 9.59 Å². The van der Waals surface area contributed by atoms with Gasteiger partial charge in [0.25, 0.3) is 11.9 Å². The highest BCUT2D eigenvalue weighted by atomic mass is 16.5. The first-order chi connectivity index (χ1) is 16.8. The molecule has 3 heterocycles. The third-order valence-electron chi connectivity index (χ3n) is 6.40. The van der Waals surface area contributed by atoms with Crippen LogP contribution in [0.4, 0.5) is 0 Å². The Kier molecular flexibility index (Phi) is 7.14. The zero-order valence-corrected chi connectivity index (χ0v) is 21.0. The van der Waals surface area contributed by atoms with Gasteiger partial charge in [0.2, 0.25) is 5.91 Å². The highest BCUT2D eigenvalue weighted by Crippen LogP contribution is 2.21. The van der Waals surface area contributed by atoms with E-state index in [-0.39, 0.29) is 18.2 Å². The van der Waals surface area contributed by atoms with Crippen molar-refractivity contribution in [2.45, 2.75) is 40.5 Å². The van der Waals surface area contributed by atoms with Crippen LogP contribution in [-0.2, 0) is 11.2 Å². The van der Waals surface area contributed by atoms with Crippen LogP contribution in [0.2, 0.25) is 0 Å². The van der Waals surface area contributed by atoms with Crippen LogP contribution in [0.5, 0.6) is 5.75 Å². The minimum atomic E-state index is -0.0711. The van der Waals surface area contributed by atoms with Crippen LogP contribution in [-0.4, -0.2) is 74.7 Å². The minimum Gasteiger partial charge on any atom is -0.496 e. The summed E-state index contributed by atoms with van der Waals surface area (Å²) in [4.78, 5) is 39.0. The molecule has 4 rings (SSSR count). The predicted molar refractivity (Wildman–Crippen MR) is 132 cm³/mol. The standard InChI is InChI=1S/C26H32N6O3/c1-17-15-18(2)28-26(27-17)32-20(4)22(19(3)29-32)16-24(33)30-11-8-12-31(14-13-30)25(34)21-9-6-7-10-23(21)35-5/h6-7,9-10,15H,8,11-14,16H2,1-5H3. The maximum atomic E-state index is 13.3. The van der Waals surface area contributed by atoms with Gasteiger partial charge in [-0.3, -0.25) is 9.59 Å². The maximum Gasteiger partial charge on any atom is 0.257 e. The van der Waals surface area contributed by atoms with E-state index in [1.54, 1.807) is 28.8 Å². The normalized spacial score (nSPS) is 14.1. The molecular formula is C26H32N6O3. The zero-order chi connectivity index (χ0) is 25.1. The van der Waals surface area contributed by atoms with Crippen molar-refractivity contribution in [3.8, 4) is 11.7 Å². The molecule has 184 valence electrons. The number of carbonyl (C=O) groups is 2. The van der Waals surface area contributed by atoms with Crippen molar-refractivity contribution in [1.82, 2.24) is 29.5 Å². The second kappa shape index (κ2) is 10.2. The SMILES string of the molecule is COc1ccccc1C(=O)N1CCCN(C(=O)Cc2c(C)nn(-c3nc(C)cc(C)n3)c2C)CC1. The van der Waals surface area contributed by atoms with Gasteiger partial charge in [0.05, 0.1) is 24.8 Å². The Bertz CT molecular complexity index is 1230. The number of aryl methyl sites for hydroxylation is 3. The van der Waals surface area contributed by atoms with Gasteiger partial charge in [0.15, 0.2) is 0 Å². The lowest BCUT2D eigenvalue weighted by molar-refractivity contribution is -0.130. The van der Waals surface area contributed by atoms with Gasteiger partial charge < -0.3 is 14.5 Å². The van der Waals surface area contributed by atoms with Gasteiger partial charge in [0, 0.05) is 48.8 Å². The molecule has 0 saturated carbocycles. The van der Waals surface area contributed by atoms with E-state index in [0.717, 1.165) is 34.8 Å². The van der Waals surface area contributed by atoms with Gasteiger partial charge in [0.1, 0.15) is 5.75 Å². The molecule has 0 radical (unpaired) electrons. The second-order valence-electron chi connectivity index (χ2n) is 8.92. The molecule has 2 amide bonds. The number of nitrogens with zero attached hydrogens (tertiary/aromatic N) is 6. The Morgan fingerprint density at radius 2 is 1.60 bits per heavy atom. The summed E-state index contributed by atoms with van der Waals surface area (Å²) >= 11 is 0. The highest BCUT2D eigenvalue weighted by molar-refractivity contribution is 5.97. The van der Waals surface area contributed by atoms with E-state index in [1.165, 1.54) is 0 Å². The van der Waals surface area contributed by atoms with E-state index in [0.29, 0.717) is 43.4 Å². The lowest BCUT2D eigenvalue weighted by Gasteiger charge is -2.23. The molecular weight excluding hydrogens is 444 g/mol. The number of methoxy groups -OCH3 is 1. The minimum absolute atomic E-state index is 0.0312. The summed E-state index contributed by atoms with van der Waals surface area (Å²) in [6.45, 7) is 9.89. The molecule has 1 fully saturated rings. The molecule has 1 aliphatic rings. The van der Waals surface area contributed by atoms with E-state index in [1.807, 2.05) is 50.8 Å². The Labute approximate surface area is 205 Å². The predicted octanol–water partition coefficient (Wildman–Crippen LogP) is 2.82. The number of para-hydroxylation sites is 1. The van der Waals surface area contributed by atoms with Crippen molar-refractivity contribution < 1.29 is 14.3 Å². The Balaban J connectivity index is 1.46. The average Bonchev–Trinajstić information content (AvgIpc) is 3.00. The molecule has 1 aromatic carbocycles. The fourth-order valence-electron chi connectivity index (χ4n) is 4.55. The van der Waals surface area contributed by atoms with Crippen LogP contribution in [0, 0.1) is 27.7 Å². The highest BCUT2D eigenvalue weighted by Gasteiger charge is 2.26. The molecule has 35 heavy (non-hydrogen) atoms. The number of amides is 2. The van der Waals surface area contributed by atoms with Crippen molar-refractivity contribution in [2.75, 3.05) is 33.3 Å². The fraction of sp³-hybridized carbons (Fsp3) is 0.423. The molecule has 9 heteroatoms. The average molecular weight is 477 g/mol. The molecule has 3 aromatic rings. The Morgan fingerprint density at radius 3 is 2.31 bits per heavy atom. The van der Waals surface area contributed by atoms with Gasteiger partial charge in [-0.05, 0) is 52.3 Å². The molecule has 0 aliphatic carbocycles. The number of aromatic nitrogens is 4. The van der Waals surface area contributed by atoms with Crippen LogP contribution >= 0.6 is 0 Å². The van der Waals surface area contributed by atoms with Crippen molar-refractivity contribution in [2.24, 2.45) is 0 Å². The van der Waals surface area contributed by atoms with Gasteiger partial charge >= 0.3 is 0 Å². The van der Waals surface area contributed by atoms with Crippen LogP contribution < -0.4 is 4.74 Å². The summed E-state index contributed by atoms with van der Waals surface area (Å²) in [6.07, 6.45) is 0.975. The lowest BCUT2D eigenvalue weighted by Crippen LogP contribution is -2.38. The molecule has 0 bridgehead atoms. The van der Waals surface area contributed by atoms with Crippen molar-refractivity contribution in [3.05, 3.63) is 64.2 Å². The summed E-state index contributed by atoms with van der Waals surface area (Å²) in [5.74, 6) is 1.04. The first-order valence-corrected chi connectivity index (χ1v) is 11.9. The van der Waals surface area contributed by atoms with E-state index < -0.39 is 0 Å². The molecule has 2 aromatic heterocycles. The van der Waals surface area contributed by atoms with Crippen LogP contribution in [0.1, 0.15) is 45.1 Å². The van der Waals surface area contributed by atoms with Gasteiger partial charge in [-0.15, -0.1) is 0 Å². The number of benzene rings is 1. The molecule has 1 saturated heterocycles. The first-order valence-electron chi connectivity index (χ1n) is 11.9. The van der Waals surface area contributed by atoms with Crippen molar-refractivity contribution in [1.29, 1.82) is 0 Å². The van der Waals surface area contributed by atoms with Crippen LogP contribution in [0.3, 0.4) is 0 Å². The molecule has 1 aliphatic heterocycles. The van der Waals surface area contributed by atoms with Gasteiger partial charge in [-0.2, -0.15) is 5.10 Å². The number of carbonyl (C=O) groups excluding carboxylic acids is 2. The number of hydrogen-bond donors (Lipinski definition) is 0. The van der Waals surface area contributed by atoms with E-state index in [4.69, 9.17) is 4.74 Å². The monoisotopic (exact) mass is 476 g/mol. The molecule has 0 atom stereocenters. The smallest absolute Gasteiger partial charge is 0.257 e. The zero-order valence-electron chi connectivity index (χ0n) is 21.0. The third-order valence-corrected chi connectivity index (χ3v) is 6.40. The van der Waals surface area contributed by atoms with Gasteiger partial charge in [-0.1, -0.05) is 12.1 Å². The molecule has 9 nitrogen and oxygen atoms in total. The Morgan fingerprint density at radius 1 is 0.943 bits per heavy atom. The van der Waals surface area contributed by atoms with E-state index >= 15 is 0 Å². The maximum absolute atomic E-state index is 13.3. The van der Waals surface area contributed by atoms with Crippen LogP contribution in [0.25, 0.3) is 5.95 Å².